The van der Waals surface area contributed by atoms with Crippen LogP contribution >= 0.6 is 0 Å². The van der Waals surface area contributed by atoms with Gasteiger partial charge in [-0.3, -0.25) is 0 Å². The monoisotopic (exact) mass is 327 g/mol. The molecule has 0 saturated carbocycles. The van der Waals surface area contributed by atoms with Gasteiger partial charge < -0.3 is 15.7 Å². The Balaban J connectivity index is 2.79. The molecule has 0 aliphatic heterocycles. The molecule has 10 heteroatoms. The summed E-state index contributed by atoms with van der Waals surface area (Å²) in [4.78, 5) is 13.8. The Bertz CT molecular complexity index is 524. The lowest BCUT2D eigenvalue weighted by molar-refractivity contribution is -0.138. The van der Waals surface area contributed by atoms with Crippen molar-refractivity contribution in [2.24, 2.45) is 0 Å². The molecule has 0 aromatic carbocycles. The summed E-state index contributed by atoms with van der Waals surface area (Å²) in [5, 5.41) is 12.8. The number of pyridine rings is 1. The Labute approximate surface area is 122 Å². The number of hydrogen-bond donors (Lipinski definition) is 3. The first-order valence-electron chi connectivity index (χ1n) is 6.25. The minimum Gasteiger partial charge on any atom is -0.465 e. The molecule has 0 aliphatic rings. The first-order chi connectivity index (χ1) is 10.1. The van der Waals surface area contributed by atoms with Crippen LogP contribution in [0.2, 0.25) is 0 Å². The summed E-state index contributed by atoms with van der Waals surface area (Å²) in [5.74, 6) is -1.79. The number of nitrogens with one attached hydrogen (secondary N) is 2. The number of carbonyl (C=O) groups is 1. The smallest absolute Gasteiger partial charge is 0.417 e. The van der Waals surface area contributed by atoms with Crippen molar-refractivity contribution in [2.75, 3.05) is 11.9 Å². The van der Waals surface area contributed by atoms with Crippen molar-refractivity contribution in [3.63, 3.8) is 0 Å². The van der Waals surface area contributed by atoms with Crippen LogP contribution in [-0.4, -0.2) is 34.9 Å². The van der Waals surface area contributed by atoms with Gasteiger partial charge in [0.15, 0.2) is 11.6 Å². The molecule has 5 nitrogen and oxygen atoms in total. The molecule has 3 N–H and O–H groups in total. The van der Waals surface area contributed by atoms with Crippen LogP contribution in [0.1, 0.15) is 18.9 Å². The molecule has 0 fully saturated rings. The molecule has 1 amide bonds. The zero-order valence-electron chi connectivity index (χ0n) is 11.4. The Hall–Kier alpha value is -2.13. The van der Waals surface area contributed by atoms with Crippen molar-refractivity contribution in [1.82, 2.24) is 10.3 Å². The van der Waals surface area contributed by atoms with E-state index in [1.165, 1.54) is 6.92 Å². The maximum absolute atomic E-state index is 13.6. The van der Waals surface area contributed by atoms with Crippen LogP contribution < -0.4 is 10.6 Å². The third-order valence-corrected chi connectivity index (χ3v) is 2.79. The molecule has 0 saturated heterocycles. The van der Waals surface area contributed by atoms with Gasteiger partial charge in [-0.2, -0.15) is 13.2 Å². The van der Waals surface area contributed by atoms with Crippen molar-refractivity contribution in [2.45, 2.75) is 31.7 Å². The van der Waals surface area contributed by atoms with Gasteiger partial charge in [-0.1, -0.05) is 6.92 Å². The molecular formula is C12H14F5N3O2. The van der Waals surface area contributed by atoms with Crippen LogP contribution in [0.25, 0.3) is 0 Å². The third-order valence-electron chi connectivity index (χ3n) is 2.79. The highest BCUT2D eigenvalue weighted by Gasteiger charge is 2.32. The summed E-state index contributed by atoms with van der Waals surface area (Å²) in [6.45, 7) is 1.12. The lowest BCUT2D eigenvalue weighted by Gasteiger charge is -2.21. The standard InChI is InChI=1S/C12H14F5N3O2/c1-2-7(13)9(20-11(21)22)5-19-10-8(14)3-6(4-18-10)12(15,16)17/h3-4,7,9,20H,2,5H2,1H3,(H,18,19)(H,21,22)/t7-,9+/m0/s1. The van der Waals surface area contributed by atoms with E-state index in [1.54, 1.807) is 0 Å². The Morgan fingerprint density at radius 3 is 2.55 bits per heavy atom. The second kappa shape index (κ2) is 7.23. The van der Waals surface area contributed by atoms with E-state index in [0.717, 1.165) is 0 Å². The quantitative estimate of drug-likeness (QED) is 0.702. The summed E-state index contributed by atoms with van der Waals surface area (Å²) in [5.41, 5.74) is -1.26. The normalized spacial score (nSPS) is 14.3. The second-order valence-electron chi connectivity index (χ2n) is 4.41. The molecule has 1 heterocycles. The lowest BCUT2D eigenvalue weighted by Crippen LogP contribution is -2.45. The number of alkyl halides is 4. The number of amides is 1. The summed E-state index contributed by atoms with van der Waals surface area (Å²) in [7, 11) is 0. The maximum Gasteiger partial charge on any atom is 0.417 e. The average molecular weight is 327 g/mol. The molecule has 0 radical (unpaired) electrons. The third kappa shape index (κ3) is 5.01. The number of carboxylic acid groups (broad SMARTS) is 1. The fourth-order valence-corrected chi connectivity index (χ4v) is 1.64. The van der Waals surface area contributed by atoms with Crippen molar-refractivity contribution in [3.8, 4) is 0 Å². The van der Waals surface area contributed by atoms with E-state index in [4.69, 9.17) is 5.11 Å². The largest absolute Gasteiger partial charge is 0.465 e. The number of halogens is 5. The van der Waals surface area contributed by atoms with Crippen molar-refractivity contribution in [1.29, 1.82) is 0 Å². The second-order valence-corrected chi connectivity index (χ2v) is 4.41. The van der Waals surface area contributed by atoms with Gasteiger partial charge in [0.2, 0.25) is 0 Å². The van der Waals surface area contributed by atoms with Crippen LogP contribution in [0.15, 0.2) is 12.3 Å². The molecule has 1 aromatic rings. The molecule has 1 aromatic heterocycles. The fourth-order valence-electron chi connectivity index (χ4n) is 1.64. The average Bonchev–Trinajstić information content (AvgIpc) is 2.42. The van der Waals surface area contributed by atoms with Crippen LogP contribution in [0.5, 0.6) is 0 Å². The number of hydrogen-bond acceptors (Lipinski definition) is 3. The zero-order valence-corrected chi connectivity index (χ0v) is 11.4. The fraction of sp³-hybridized carbons (Fsp3) is 0.500. The van der Waals surface area contributed by atoms with Gasteiger partial charge in [0, 0.05) is 12.7 Å². The summed E-state index contributed by atoms with van der Waals surface area (Å²) >= 11 is 0. The SMILES string of the molecule is CC[C@H](F)[C@@H](CNc1ncc(C(F)(F)F)cc1F)NC(=O)O. The molecular weight excluding hydrogens is 313 g/mol. The number of anilines is 1. The minimum absolute atomic E-state index is 0.00947. The van der Waals surface area contributed by atoms with E-state index in [1.807, 2.05) is 5.32 Å². The molecule has 2 atom stereocenters. The number of aromatic nitrogens is 1. The van der Waals surface area contributed by atoms with E-state index in [2.05, 4.69) is 10.3 Å². The highest BCUT2D eigenvalue weighted by molar-refractivity contribution is 5.65. The molecule has 0 spiro atoms. The first-order valence-corrected chi connectivity index (χ1v) is 6.25. The molecule has 124 valence electrons. The number of nitrogens with zero attached hydrogens (tertiary/aromatic N) is 1. The molecule has 22 heavy (non-hydrogen) atoms. The van der Waals surface area contributed by atoms with E-state index < -0.39 is 41.7 Å². The van der Waals surface area contributed by atoms with E-state index in [0.29, 0.717) is 6.20 Å². The van der Waals surface area contributed by atoms with Gasteiger partial charge in [0.1, 0.15) is 6.17 Å². The van der Waals surface area contributed by atoms with Crippen LogP contribution in [0.4, 0.5) is 32.6 Å². The van der Waals surface area contributed by atoms with Gasteiger partial charge in [0.25, 0.3) is 0 Å². The number of rotatable bonds is 6. The van der Waals surface area contributed by atoms with Crippen LogP contribution in [0.3, 0.4) is 0 Å². The van der Waals surface area contributed by atoms with E-state index in [9.17, 15) is 26.7 Å². The van der Waals surface area contributed by atoms with Gasteiger partial charge in [-0.25, -0.2) is 18.6 Å². The molecule has 0 unspecified atom stereocenters. The van der Waals surface area contributed by atoms with Gasteiger partial charge in [0.05, 0.1) is 11.6 Å². The van der Waals surface area contributed by atoms with Crippen LogP contribution in [0, 0.1) is 5.82 Å². The first kappa shape index (κ1) is 17.9. The Morgan fingerprint density at radius 1 is 1.45 bits per heavy atom. The maximum atomic E-state index is 13.6. The highest BCUT2D eigenvalue weighted by Crippen LogP contribution is 2.30. The molecule has 0 aliphatic carbocycles. The minimum atomic E-state index is -4.73. The van der Waals surface area contributed by atoms with Crippen molar-refractivity contribution in [3.05, 3.63) is 23.6 Å². The lowest BCUT2D eigenvalue weighted by atomic mass is 10.1. The van der Waals surface area contributed by atoms with Crippen molar-refractivity contribution >= 4 is 11.9 Å². The Morgan fingerprint density at radius 2 is 2.09 bits per heavy atom. The van der Waals surface area contributed by atoms with Gasteiger partial charge >= 0.3 is 12.3 Å². The molecule has 1 rings (SSSR count). The topological polar surface area (TPSA) is 74.2 Å². The van der Waals surface area contributed by atoms with E-state index >= 15 is 0 Å². The summed E-state index contributed by atoms with van der Waals surface area (Å²) in [6.07, 6.45) is -7.30. The van der Waals surface area contributed by atoms with Crippen LogP contribution in [-0.2, 0) is 6.18 Å². The summed E-state index contributed by atoms with van der Waals surface area (Å²) < 4.78 is 64.1. The predicted octanol–water partition coefficient (Wildman–Crippen LogP) is 3.04. The summed E-state index contributed by atoms with van der Waals surface area (Å²) in [6, 6.07) is -0.937. The highest BCUT2D eigenvalue weighted by atomic mass is 19.4. The predicted molar refractivity (Wildman–Crippen MR) is 67.8 cm³/mol. The zero-order chi connectivity index (χ0) is 16.9. The Kier molecular flexibility index (Phi) is 5.89. The van der Waals surface area contributed by atoms with E-state index in [-0.39, 0.29) is 19.0 Å². The van der Waals surface area contributed by atoms with Gasteiger partial charge in [-0.15, -0.1) is 0 Å². The van der Waals surface area contributed by atoms with Gasteiger partial charge in [-0.05, 0) is 12.5 Å². The van der Waals surface area contributed by atoms with Crippen molar-refractivity contribution < 1.29 is 31.9 Å². The molecule has 0 bridgehead atoms.